The summed E-state index contributed by atoms with van der Waals surface area (Å²) in [6, 6.07) is 13.3. The van der Waals surface area contributed by atoms with Gasteiger partial charge in [0.2, 0.25) is 0 Å². The van der Waals surface area contributed by atoms with Crippen LogP contribution in [0.25, 0.3) is 11.0 Å². The molecule has 1 aliphatic heterocycles. The van der Waals surface area contributed by atoms with Gasteiger partial charge in [0.05, 0.1) is 29.3 Å². The normalized spacial score (nSPS) is 21.8. The summed E-state index contributed by atoms with van der Waals surface area (Å²) in [5.41, 5.74) is 10.9. The van der Waals surface area contributed by atoms with Gasteiger partial charge in [-0.15, -0.1) is 0 Å². The fraction of sp³-hybridized carbons (Fsp3) is 0.500. The first-order valence-corrected chi connectivity index (χ1v) is 11.2. The van der Waals surface area contributed by atoms with Crippen molar-refractivity contribution in [1.82, 2.24) is 19.4 Å². The summed E-state index contributed by atoms with van der Waals surface area (Å²) in [6.45, 7) is 3.77. The predicted molar refractivity (Wildman–Crippen MR) is 116 cm³/mol. The zero-order valence-electron chi connectivity index (χ0n) is 17.1. The molecular formula is C24H31N5. The highest BCUT2D eigenvalue weighted by Gasteiger charge is 2.38. The van der Waals surface area contributed by atoms with Crippen molar-refractivity contribution < 1.29 is 0 Å². The van der Waals surface area contributed by atoms with Crippen molar-refractivity contribution in [2.75, 3.05) is 13.1 Å². The van der Waals surface area contributed by atoms with Gasteiger partial charge in [-0.3, -0.25) is 9.88 Å². The molecule has 0 radical (unpaired) electrons. The highest BCUT2D eigenvalue weighted by atomic mass is 15.2. The monoisotopic (exact) mass is 389 g/mol. The van der Waals surface area contributed by atoms with Gasteiger partial charge in [-0.05, 0) is 81.3 Å². The fourth-order valence-electron chi connectivity index (χ4n) is 5.39. The number of fused-ring (bicyclic) bond motifs is 4. The third kappa shape index (κ3) is 3.58. The molecule has 2 aliphatic rings. The van der Waals surface area contributed by atoms with Crippen LogP contribution in [0.2, 0.25) is 0 Å². The summed E-state index contributed by atoms with van der Waals surface area (Å²) < 4.78 is 2.43. The number of nitrogens with zero attached hydrogens (tertiary/aromatic N) is 4. The molecule has 0 amide bonds. The summed E-state index contributed by atoms with van der Waals surface area (Å²) in [5, 5.41) is 0. The summed E-state index contributed by atoms with van der Waals surface area (Å²) >= 11 is 0. The highest BCUT2D eigenvalue weighted by Crippen LogP contribution is 2.43. The Morgan fingerprint density at radius 3 is 2.93 bits per heavy atom. The molecule has 1 fully saturated rings. The molecule has 1 aliphatic carbocycles. The van der Waals surface area contributed by atoms with Crippen LogP contribution in [0.5, 0.6) is 0 Å². The topological polar surface area (TPSA) is 60.0 Å². The number of likely N-dealkylation sites (tertiary alicyclic amines) is 1. The number of piperidine rings is 1. The van der Waals surface area contributed by atoms with Crippen molar-refractivity contribution in [3.8, 4) is 0 Å². The molecule has 3 heterocycles. The molecule has 5 rings (SSSR count). The minimum atomic E-state index is 0.436. The van der Waals surface area contributed by atoms with E-state index in [9.17, 15) is 0 Å². The Morgan fingerprint density at radius 2 is 2.00 bits per heavy atom. The maximum atomic E-state index is 5.75. The van der Waals surface area contributed by atoms with Crippen LogP contribution in [0.4, 0.5) is 0 Å². The van der Waals surface area contributed by atoms with E-state index in [-0.39, 0.29) is 0 Å². The standard InChI is InChI=1S/C24H31N5/c25-13-3-4-16-29-21-10-2-1-9-20(21)27-22(29)17-28-15-6-8-19-12-11-18-7-5-14-26-23(18)24(19)28/h1-2,5,7,9-10,14,19,24H,3-4,6,8,11-13,15-17,25H2/t19-,24-/m0/s1. The van der Waals surface area contributed by atoms with Crippen LogP contribution in [-0.2, 0) is 19.5 Å². The molecule has 1 aromatic carbocycles. The maximum absolute atomic E-state index is 5.75. The molecule has 2 aromatic heterocycles. The predicted octanol–water partition coefficient (Wildman–Crippen LogP) is 4.07. The zero-order valence-corrected chi connectivity index (χ0v) is 17.1. The number of hydrogen-bond donors (Lipinski definition) is 1. The Hall–Kier alpha value is -2.24. The van der Waals surface area contributed by atoms with E-state index in [1.807, 2.05) is 6.20 Å². The molecule has 0 saturated carbocycles. The number of hydrogen-bond acceptors (Lipinski definition) is 4. The fourth-order valence-corrected chi connectivity index (χ4v) is 5.39. The molecule has 2 N–H and O–H groups in total. The third-order valence-electron chi connectivity index (χ3n) is 6.76. The van der Waals surface area contributed by atoms with Gasteiger partial charge in [0.25, 0.3) is 0 Å². The Morgan fingerprint density at radius 1 is 1.07 bits per heavy atom. The van der Waals surface area contributed by atoms with E-state index in [0.29, 0.717) is 6.04 Å². The molecule has 2 atom stereocenters. The zero-order chi connectivity index (χ0) is 19.6. The summed E-state index contributed by atoms with van der Waals surface area (Å²) in [4.78, 5) is 12.5. The number of imidazole rings is 1. The van der Waals surface area contributed by atoms with E-state index in [4.69, 9.17) is 15.7 Å². The molecule has 3 aromatic rings. The second-order valence-corrected chi connectivity index (χ2v) is 8.57. The van der Waals surface area contributed by atoms with Crippen LogP contribution < -0.4 is 5.73 Å². The number of para-hydroxylation sites is 2. The van der Waals surface area contributed by atoms with Gasteiger partial charge in [0.1, 0.15) is 5.82 Å². The van der Waals surface area contributed by atoms with Gasteiger partial charge >= 0.3 is 0 Å². The smallest absolute Gasteiger partial charge is 0.124 e. The molecular weight excluding hydrogens is 358 g/mol. The lowest BCUT2D eigenvalue weighted by atomic mass is 9.77. The molecule has 1 saturated heterocycles. The number of nitrogens with two attached hydrogens (primary N) is 1. The largest absolute Gasteiger partial charge is 0.330 e. The van der Waals surface area contributed by atoms with Gasteiger partial charge in [0, 0.05) is 12.7 Å². The first-order valence-electron chi connectivity index (χ1n) is 11.2. The minimum Gasteiger partial charge on any atom is -0.330 e. The molecule has 0 bridgehead atoms. The molecule has 5 nitrogen and oxygen atoms in total. The van der Waals surface area contributed by atoms with Crippen molar-refractivity contribution in [3.63, 3.8) is 0 Å². The lowest BCUT2D eigenvalue weighted by Gasteiger charge is -2.44. The van der Waals surface area contributed by atoms with Crippen molar-refractivity contribution in [2.45, 2.75) is 57.7 Å². The SMILES string of the molecule is NCCCCn1c(CN2CCC[C@H]3CCc4cccnc4[C@H]32)nc2ccccc21. The van der Waals surface area contributed by atoms with E-state index >= 15 is 0 Å². The van der Waals surface area contributed by atoms with E-state index < -0.39 is 0 Å². The van der Waals surface area contributed by atoms with E-state index in [0.717, 1.165) is 50.5 Å². The third-order valence-corrected chi connectivity index (χ3v) is 6.76. The van der Waals surface area contributed by atoms with Crippen molar-refractivity contribution >= 4 is 11.0 Å². The van der Waals surface area contributed by atoms with Crippen LogP contribution in [0, 0.1) is 5.92 Å². The van der Waals surface area contributed by atoms with Crippen molar-refractivity contribution in [2.24, 2.45) is 11.7 Å². The number of aromatic nitrogens is 3. The molecule has 0 spiro atoms. The van der Waals surface area contributed by atoms with Crippen molar-refractivity contribution in [1.29, 1.82) is 0 Å². The second-order valence-electron chi connectivity index (χ2n) is 8.57. The van der Waals surface area contributed by atoms with Crippen LogP contribution in [-0.4, -0.2) is 32.5 Å². The Bertz CT molecular complexity index is 978. The summed E-state index contributed by atoms with van der Waals surface area (Å²) in [6.07, 6.45) is 9.18. The first-order chi connectivity index (χ1) is 14.3. The van der Waals surface area contributed by atoms with E-state index in [1.165, 1.54) is 48.3 Å². The number of benzene rings is 1. The second kappa shape index (κ2) is 8.25. The Labute approximate surface area is 172 Å². The summed E-state index contributed by atoms with van der Waals surface area (Å²) in [7, 11) is 0. The quantitative estimate of drug-likeness (QED) is 0.646. The lowest BCUT2D eigenvalue weighted by molar-refractivity contribution is 0.0664. The Kier molecular flexibility index (Phi) is 5.34. The molecule has 5 heteroatoms. The van der Waals surface area contributed by atoms with E-state index in [2.05, 4.69) is 45.9 Å². The van der Waals surface area contributed by atoms with Crippen LogP contribution in [0.3, 0.4) is 0 Å². The number of aryl methyl sites for hydroxylation is 2. The minimum absolute atomic E-state index is 0.436. The lowest BCUT2D eigenvalue weighted by Crippen LogP contribution is -2.41. The average molecular weight is 390 g/mol. The number of unbranched alkanes of at least 4 members (excludes halogenated alkanes) is 1. The highest BCUT2D eigenvalue weighted by molar-refractivity contribution is 5.75. The molecule has 29 heavy (non-hydrogen) atoms. The number of pyridine rings is 1. The van der Waals surface area contributed by atoms with Crippen LogP contribution in [0.1, 0.15) is 55.2 Å². The maximum Gasteiger partial charge on any atom is 0.124 e. The molecule has 152 valence electrons. The number of rotatable bonds is 6. The van der Waals surface area contributed by atoms with Gasteiger partial charge in [-0.1, -0.05) is 18.2 Å². The van der Waals surface area contributed by atoms with Crippen LogP contribution in [0.15, 0.2) is 42.6 Å². The van der Waals surface area contributed by atoms with Crippen molar-refractivity contribution in [3.05, 3.63) is 59.7 Å². The van der Waals surface area contributed by atoms with Gasteiger partial charge < -0.3 is 10.3 Å². The molecule has 0 unspecified atom stereocenters. The summed E-state index contributed by atoms with van der Waals surface area (Å²) in [5.74, 6) is 1.91. The first kappa shape index (κ1) is 18.8. The Balaban J connectivity index is 1.48. The van der Waals surface area contributed by atoms with Gasteiger partial charge in [-0.2, -0.15) is 0 Å². The average Bonchev–Trinajstić information content (AvgIpc) is 3.11. The van der Waals surface area contributed by atoms with Gasteiger partial charge in [0.15, 0.2) is 0 Å². The van der Waals surface area contributed by atoms with Gasteiger partial charge in [-0.25, -0.2) is 4.98 Å². The van der Waals surface area contributed by atoms with Crippen LogP contribution >= 0.6 is 0 Å². The van der Waals surface area contributed by atoms with E-state index in [1.54, 1.807) is 0 Å².